The first-order valence-electron chi connectivity index (χ1n) is 13.9. The maximum atomic E-state index is 11.9. The van der Waals surface area contributed by atoms with Crippen molar-refractivity contribution in [3.63, 3.8) is 0 Å². The van der Waals surface area contributed by atoms with E-state index in [9.17, 15) is 4.79 Å². The summed E-state index contributed by atoms with van der Waals surface area (Å²) in [6.45, 7) is 7.66. The van der Waals surface area contributed by atoms with Crippen molar-refractivity contribution in [2.24, 2.45) is 13.0 Å². The molecular formula is C32H42N6O2. The molecule has 212 valence electrons. The molecule has 8 heteroatoms. The monoisotopic (exact) mass is 542 g/mol. The second kappa shape index (κ2) is 13.1. The van der Waals surface area contributed by atoms with Crippen LogP contribution in [0.3, 0.4) is 0 Å². The van der Waals surface area contributed by atoms with E-state index < -0.39 is 0 Å². The van der Waals surface area contributed by atoms with Crippen molar-refractivity contribution < 1.29 is 9.53 Å². The van der Waals surface area contributed by atoms with Crippen molar-refractivity contribution in [1.82, 2.24) is 24.3 Å². The van der Waals surface area contributed by atoms with Crippen LogP contribution in [0.1, 0.15) is 26.2 Å². The molecule has 0 bridgehead atoms. The Labute approximate surface area is 238 Å². The Morgan fingerprint density at radius 1 is 1.20 bits per heavy atom. The predicted molar refractivity (Wildman–Crippen MR) is 163 cm³/mol. The Kier molecular flexibility index (Phi) is 9.55. The molecule has 0 aliphatic heterocycles. The number of allylic oxidation sites excluding steroid dienone is 3. The number of aryl methyl sites for hydroxylation is 1. The largest absolute Gasteiger partial charge is 0.376 e. The van der Waals surface area contributed by atoms with Crippen LogP contribution >= 0.6 is 0 Å². The number of carbonyl (C=O) groups is 1. The molecule has 1 aliphatic rings. The number of benzene rings is 1. The predicted octanol–water partition coefficient (Wildman–Crippen LogP) is 5.27. The van der Waals surface area contributed by atoms with Crippen LogP contribution in [0.5, 0.6) is 0 Å². The molecule has 2 heterocycles. The maximum Gasteiger partial charge on any atom is 0.227 e. The zero-order valence-electron chi connectivity index (χ0n) is 24.6. The number of ether oxygens (including phenoxy) is 1. The van der Waals surface area contributed by atoms with Gasteiger partial charge < -0.3 is 24.4 Å². The minimum atomic E-state index is -0.194. The Hall–Kier alpha value is -3.75. The summed E-state index contributed by atoms with van der Waals surface area (Å²) in [6.07, 6.45) is 9.30. The lowest BCUT2D eigenvalue weighted by molar-refractivity contribution is -0.114. The highest BCUT2D eigenvalue weighted by molar-refractivity contribution is 5.95. The van der Waals surface area contributed by atoms with Gasteiger partial charge in [-0.25, -0.2) is 9.97 Å². The normalized spacial score (nSPS) is 17.3. The molecule has 0 fully saturated rings. The molecule has 2 atom stereocenters. The van der Waals surface area contributed by atoms with Gasteiger partial charge in [-0.3, -0.25) is 4.79 Å². The van der Waals surface area contributed by atoms with Gasteiger partial charge in [-0.15, -0.1) is 0 Å². The highest BCUT2D eigenvalue weighted by Crippen LogP contribution is 2.36. The minimum Gasteiger partial charge on any atom is -0.376 e. The lowest BCUT2D eigenvalue weighted by Gasteiger charge is -2.38. The number of carbonyl (C=O) groups excluding carboxylic acids is 1. The van der Waals surface area contributed by atoms with Crippen LogP contribution in [0.2, 0.25) is 0 Å². The van der Waals surface area contributed by atoms with Gasteiger partial charge in [-0.1, -0.05) is 31.7 Å². The third kappa shape index (κ3) is 6.51. The fourth-order valence-corrected chi connectivity index (χ4v) is 5.55. The Morgan fingerprint density at radius 2 is 1.98 bits per heavy atom. The zero-order valence-corrected chi connectivity index (χ0v) is 24.6. The van der Waals surface area contributed by atoms with Crippen LogP contribution in [0.25, 0.3) is 22.2 Å². The first-order chi connectivity index (χ1) is 19.2. The molecule has 1 aromatic carbocycles. The molecule has 0 saturated carbocycles. The Morgan fingerprint density at radius 3 is 2.70 bits per heavy atom. The molecule has 0 radical (unpaired) electrons. The van der Waals surface area contributed by atoms with Gasteiger partial charge in [0.25, 0.3) is 0 Å². The summed E-state index contributed by atoms with van der Waals surface area (Å²) < 4.78 is 8.17. The molecule has 0 saturated heterocycles. The van der Waals surface area contributed by atoms with Crippen LogP contribution in [-0.4, -0.2) is 77.6 Å². The third-order valence-electron chi connectivity index (χ3n) is 7.58. The maximum absolute atomic E-state index is 11.9. The molecule has 0 spiro atoms. The van der Waals surface area contributed by atoms with E-state index in [2.05, 4.69) is 83.7 Å². The second-order valence-electron chi connectivity index (χ2n) is 10.8. The van der Waals surface area contributed by atoms with E-state index in [1.54, 1.807) is 13.3 Å². The van der Waals surface area contributed by atoms with Gasteiger partial charge >= 0.3 is 0 Å². The van der Waals surface area contributed by atoms with Gasteiger partial charge in [-0.05, 0) is 56.8 Å². The molecular weight excluding hydrogens is 500 g/mol. The van der Waals surface area contributed by atoms with Gasteiger partial charge in [0, 0.05) is 86.9 Å². The molecule has 2 aromatic heterocycles. The van der Waals surface area contributed by atoms with E-state index in [0.29, 0.717) is 12.4 Å². The van der Waals surface area contributed by atoms with E-state index in [1.165, 1.54) is 17.3 Å². The first kappa shape index (κ1) is 29.2. The second-order valence-corrected chi connectivity index (χ2v) is 10.8. The molecule has 2 unspecified atom stereocenters. The summed E-state index contributed by atoms with van der Waals surface area (Å²) in [4.78, 5) is 25.9. The minimum absolute atomic E-state index is 0.0720. The number of fused-ring (bicyclic) bond motifs is 1. The van der Waals surface area contributed by atoms with E-state index in [1.807, 2.05) is 25.2 Å². The van der Waals surface area contributed by atoms with Gasteiger partial charge in [0.1, 0.15) is 6.10 Å². The van der Waals surface area contributed by atoms with Crippen LogP contribution in [0.15, 0.2) is 78.4 Å². The van der Waals surface area contributed by atoms with Crippen LogP contribution < -0.4 is 5.32 Å². The average molecular weight is 543 g/mol. The van der Waals surface area contributed by atoms with Crippen molar-refractivity contribution in [2.75, 3.05) is 46.7 Å². The van der Waals surface area contributed by atoms with Crippen LogP contribution in [0, 0.1) is 5.92 Å². The SMILES string of the molecule is C=CC(=O)CCCC1=C(N(C)CCN(C)C)C(C)C(OC)C(Nc2nccc(-c3cn(C)c4ccccc34)n2)=C1. The van der Waals surface area contributed by atoms with Crippen molar-refractivity contribution in [3.05, 3.63) is 78.4 Å². The number of methoxy groups -OCH3 is 1. The number of nitrogens with zero attached hydrogens (tertiary/aromatic N) is 5. The van der Waals surface area contributed by atoms with Gasteiger partial charge in [0.15, 0.2) is 5.78 Å². The van der Waals surface area contributed by atoms with E-state index in [-0.39, 0.29) is 17.8 Å². The van der Waals surface area contributed by atoms with Crippen molar-refractivity contribution in [2.45, 2.75) is 32.3 Å². The summed E-state index contributed by atoms with van der Waals surface area (Å²) in [7, 11) is 10.1. The number of hydrogen-bond donors (Lipinski definition) is 1. The zero-order chi connectivity index (χ0) is 28.8. The van der Waals surface area contributed by atoms with E-state index in [4.69, 9.17) is 9.72 Å². The number of likely N-dealkylation sites (N-methyl/N-ethyl adjacent to an activating group) is 2. The topological polar surface area (TPSA) is 75.5 Å². The summed E-state index contributed by atoms with van der Waals surface area (Å²) >= 11 is 0. The number of hydrogen-bond acceptors (Lipinski definition) is 7. The van der Waals surface area contributed by atoms with Crippen molar-refractivity contribution in [3.8, 4) is 11.3 Å². The number of nitrogens with one attached hydrogen (secondary N) is 1. The van der Waals surface area contributed by atoms with Gasteiger partial charge in [0.2, 0.25) is 5.95 Å². The van der Waals surface area contributed by atoms with E-state index in [0.717, 1.165) is 53.8 Å². The summed E-state index contributed by atoms with van der Waals surface area (Å²) in [6, 6.07) is 10.3. The third-order valence-corrected chi connectivity index (χ3v) is 7.58. The fourth-order valence-electron chi connectivity index (χ4n) is 5.55. The number of rotatable bonds is 13. The van der Waals surface area contributed by atoms with E-state index >= 15 is 0 Å². The van der Waals surface area contributed by atoms with Crippen molar-refractivity contribution in [1.29, 1.82) is 0 Å². The number of aromatic nitrogens is 3. The lowest BCUT2D eigenvalue weighted by atomic mass is 9.85. The highest BCUT2D eigenvalue weighted by Gasteiger charge is 2.33. The van der Waals surface area contributed by atoms with Gasteiger partial charge in [-0.2, -0.15) is 0 Å². The number of para-hydroxylation sites is 1. The lowest BCUT2D eigenvalue weighted by Crippen LogP contribution is -2.39. The molecule has 1 aliphatic carbocycles. The fraction of sp³-hybridized carbons (Fsp3) is 0.406. The Balaban J connectivity index is 1.68. The number of anilines is 1. The van der Waals surface area contributed by atoms with Gasteiger partial charge in [0.05, 0.1) is 5.69 Å². The van der Waals surface area contributed by atoms with Crippen molar-refractivity contribution >= 4 is 22.6 Å². The molecule has 4 rings (SSSR count). The Bertz CT molecular complexity index is 1420. The van der Waals surface area contributed by atoms with Crippen LogP contribution in [0.4, 0.5) is 5.95 Å². The smallest absolute Gasteiger partial charge is 0.227 e. The molecule has 3 aromatic rings. The highest BCUT2D eigenvalue weighted by atomic mass is 16.5. The quantitative estimate of drug-likeness (QED) is 0.295. The first-order valence-corrected chi connectivity index (χ1v) is 13.9. The average Bonchev–Trinajstić information content (AvgIpc) is 3.28. The summed E-state index contributed by atoms with van der Waals surface area (Å²) in [5, 5.41) is 4.64. The molecule has 0 amide bonds. The molecule has 1 N–H and O–H groups in total. The summed E-state index contributed by atoms with van der Waals surface area (Å²) in [5.74, 6) is 0.690. The molecule has 8 nitrogen and oxygen atoms in total. The summed E-state index contributed by atoms with van der Waals surface area (Å²) in [5.41, 5.74) is 6.44. The number of ketones is 1. The molecule has 40 heavy (non-hydrogen) atoms. The standard InChI is InChI=1S/C32H42N6O2/c1-8-24(39)13-11-12-23-20-28(31(40-7)22(2)30(23)37(5)19-18-36(3)4)35-32-33-17-16-27(34-32)26-21-38(6)29-15-10-9-14-25(26)29/h8-10,14-17,20-22,31H,1,11-13,18-19H2,2-7H3,(H,33,34,35). The van der Waals surface area contributed by atoms with Crippen LogP contribution in [-0.2, 0) is 16.6 Å².